The molecule has 4 rings (SSSR count). The lowest BCUT2D eigenvalue weighted by Crippen LogP contribution is -2.52. The van der Waals surface area contributed by atoms with Gasteiger partial charge in [-0.3, -0.25) is 0 Å². The zero-order valence-electron chi connectivity index (χ0n) is 20.6. The minimum absolute atomic E-state index is 0.140. The zero-order chi connectivity index (χ0) is 29.2. The first kappa shape index (κ1) is 29.3. The molecule has 0 fully saturated rings. The Labute approximate surface area is 227 Å². The predicted molar refractivity (Wildman–Crippen MR) is 137 cm³/mol. The van der Waals surface area contributed by atoms with Crippen molar-refractivity contribution in [2.45, 2.75) is 35.3 Å². The van der Waals surface area contributed by atoms with Gasteiger partial charge in [-0.05, 0) is 41.3 Å². The van der Waals surface area contributed by atoms with Gasteiger partial charge in [-0.15, -0.1) is 0 Å². The first-order chi connectivity index (χ1) is 18.7. The number of halogens is 6. The van der Waals surface area contributed by atoms with Gasteiger partial charge in [-0.2, -0.15) is 26.3 Å². The molecule has 0 spiro atoms. The van der Waals surface area contributed by atoms with Crippen molar-refractivity contribution < 1.29 is 39.9 Å². The molecule has 0 heterocycles. The van der Waals surface area contributed by atoms with Crippen molar-refractivity contribution in [1.29, 1.82) is 0 Å². The fraction of sp³-hybridized carbons (Fsp3) is 0.172. The quantitative estimate of drug-likeness (QED) is 0.233. The second-order valence-electron chi connectivity index (χ2n) is 9.10. The van der Waals surface area contributed by atoms with E-state index in [2.05, 4.69) is 4.72 Å². The normalized spacial score (nSPS) is 13.7. The van der Waals surface area contributed by atoms with E-state index in [1.807, 2.05) is 0 Å². The highest BCUT2D eigenvalue weighted by molar-refractivity contribution is 7.89. The minimum atomic E-state index is -5.25. The van der Waals surface area contributed by atoms with Crippen LogP contribution in [0.2, 0.25) is 0 Å². The van der Waals surface area contributed by atoms with Crippen LogP contribution in [0, 0.1) is 0 Å². The number of nitrogens with one attached hydrogen (secondary N) is 1. The van der Waals surface area contributed by atoms with E-state index < -0.39 is 50.0 Å². The summed E-state index contributed by atoms with van der Waals surface area (Å²) in [6.07, 6.45) is -10.7. The molecular weight excluding hydrogens is 556 g/mol. The van der Waals surface area contributed by atoms with Crippen LogP contribution in [0.15, 0.2) is 114 Å². The fourth-order valence-electron chi connectivity index (χ4n) is 4.41. The molecule has 0 radical (unpaired) electrons. The molecule has 11 heteroatoms. The van der Waals surface area contributed by atoms with Gasteiger partial charge in [0.1, 0.15) is 5.60 Å². The molecule has 0 saturated heterocycles. The first-order valence-corrected chi connectivity index (χ1v) is 13.4. The van der Waals surface area contributed by atoms with Crippen molar-refractivity contribution in [2.75, 3.05) is 0 Å². The Bertz CT molecular complexity index is 1470. The van der Waals surface area contributed by atoms with E-state index in [0.717, 1.165) is 0 Å². The van der Waals surface area contributed by atoms with Gasteiger partial charge in [-0.25, -0.2) is 13.1 Å². The third-order valence-corrected chi connectivity index (χ3v) is 7.83. The number of aliphatic hydroxyl groups is 1. The average Bonchev–Trinajstić information content (AvgIpc) is 2.92. The largest absolute Gasteiger partial charge is 0.416 e. The van der Waals surface area contributed by atoms with Crippen LogP contribution in [-0.4, -0.2) is 19.6 Å². The van der Waals surface area contributed by atoms with Gasteiger partial charge in [0.05, 0.1) is 22.1 Å². The van der Waals surface area contributed by atoms with Gasteiger partial charge >= 0.3 is 12.4 Å². The van der Waals surface area contributed by atoms with E-state index >= 15 is 0 Å². The lowest BCUT2D eigenvalue weighted by atomic mass is 9.78. The Hall–Kier alpha value is -3.67. The van der Waals surface area contributed by atoms with Gasteiger partial charge in [0.2, 0.25) is 10.0 Å². The Kier molecular flexibility index (Phi) is 8.11. The Morgan fingerprint density at radius 3 is 1.43 bits per heavy atom. The van der Waals surface area contributed by atoms with Gasteiger partial charge in [0, 0.05) is 0 Å². The second-order valence-corrected chi connectivity index (χ2v) is 10.8. The summed E-state index contributed by atoms with van der Waals surface area (Å²) in [4.78, 5) is -1.24. The maximum absolute atomic E-state index is 13.5. The van der Waals surface area contributed by atoms with E-state index in [0.29, 0.717) is 5.56 Å². The van der Waals surface area contributed by atoms with Crippen molar-refractivity contribution in [1.82, 2.24) is 4.72 Å². The van der Waals surface area contributed by atoms with Crippen molar-refractivity contribution in [3.63, 3.8) is 0 Å². The van der Waals surface area contributed by atoms with Crippen LogP contribution in [0.1, 0.15) is 27.8 Å². The van der Waals surface area contributed by atoms with E-state index in [1.165, 1.54) is 0 Å². The predicted octanol–water partition coefficient (Wildman–Crippen LogP) is 6.55. The van der Waals surface area contributed by atoms with Crippen LogP contribution in [0.4, 0.5) is 26.3 Å². The molecule has 4 aromatic rings. The average molecular weight is 580 g/mol. The zero-order valence-corrected chi connectivity index (χ0v) is 21.4. The van der Waals surface area contributed by atoms with Crippen LogP contribution in [-0.2, 0) is 34.4 Å². The fourth-order valence-corrected chi connectivity index (χ4v) is 5.74. The number of sulfonamides is 1. The SMILES string of the molecule is O=S(=O)(N[C@@H](Cc1ccccc1)C(O)(c1ccccc1)c1ccccc1)c1cc(C(F)(F)F)cc(C(F)(F)F)c1. The smallest absolute Gasteiger partial charge is 0.379 e. The minimum Gasteiger partial charge on any atom is -0.379 e. The molecule has 0 saturated carbocycles. The summed E-state index contributed by atoms with van der Waals surface area (Å²) < 4.78 is 110. The summed E-state index contributed by atoms with van der Waals surface area (Å²) in [7, 11) is -5.05. The molecule has 4 nitrogen and oxygen atoms in total. The van der Waals surface area contributed by atoms with E-state index in [9.17, 15) is 39.9 Å². The summed E-state index contributed by atoms with van der Waals surface area (Å²) >= 11 is 0. The van der Waals surface area contributed by atoms with Crippen LogP contribution >= 0.6 is 0 Å². The molecule has 0 aliphatic heterocycles. The Balaban J connectivity index is 1.90. The third kappa shape index (κ3) is 6.38. The van der Waals surface area contributed by atoms with Crippen molar-refractivity contribution in [3.05, 3.63) is 137 Å². The van der Waals surface area contributed by atoms with Gasteiger partial charge in [0.25, 0.3) is 0 Å². The maximum atomic E-state index is 13.5. The number of rotatable bonds is 8. The molecular formula is C29H23F6NO3S. The molecule has 0 unspecified atom stereocenters. The summed E-state index contributed by atoms with van der Waals surface area (Å²) in [5, 5.41) is 12.3. The lowest BCUT2D eigenvalue weighted by molar-refractivity contribution is -0.143. The van der Waals surface area contributed by atoms with Gasteiger partial charge in [0.15, 0.2) is 0 Å². The topological polar surface area (TPSA) is 66.4 Å². The molecule has 0 aliphatic rings. The molecule has 40 heavy (non-hydrogen) atoms. The lowest BCUT2D eigenvalue weighted by Gasteiger charge is -2.38. The molecule has 210 valence electrons. The van der Waals surface area contributed by atoms with Crippen LogP contribution < -0.4 is 4.72 Å². The third-order valence-electron chi connectivity index (χ3n) is 6.38. The first-order valence-electron chi connectivity index (χ1n) is 11.9. The van der Waals surface area contributed by atoms with Gasteiger partial charge in [-0.1, -0.05) is 91.0 Å². The van der Waals surface area contributed by atoms with E-state index in [4.69, 9.17) is 0 Å². The van der Waals surface area contributed by atoms with Crippen LogP contribution in [0.25, 0.3) is 0 Å². The highest BCUT2D eigenvalue weighted by Gasteiger charge is 2.44. The summed E-state index contributed by atoms with van der Waals surface area (Å²) in [5.41, 5.74) is -4.57. The number of hydrogen-bond donors (Lipinski definition) is 2. The molecule has 0 aromatic heterocycles. The molecule has 0 amide bonds. The monoisotopic (exact) mass is 579 g/mol. The van der Waals surface area contributed by atoms with Crippen molar-refractivity contribution >= 4 is 10.0 Å². The Morgan fingerprint density at radius 2 is 1.02 bits per heavy atom. The number of benzene rings is 4. The Morgan fingerprint density at radius 1 is 0.625 bits per heavy atom. The van der Waals surface area contributed by atoms with Crippen molar-refractivity contribution in [3.8, 4) is 0 Å². The molecule has 0 bridgehead atoms. The summed E-state index contributed by atoms with van der Waals surface area (Å²) in [6.45, 7) is 0. The van der Waals surface area contributed by atoms with Gasteiger partial charge < -0.3 is 5.11 Å². The summed E-state index contributed by atoms with van der Waals surface area (Å²) in [6, 6.07) is 23.0. The second kappa shape index (κ2) is 11.1. The number of alkyl halides is 6. The highest BCUT2D eigenvalue weighted by Crippen LogP contribution is 2.39. The van der Waals surface area contributed by atoms with Crippen LogP contribution in [0.3, 0.4) is 0 Å². The number of hydrogen-bond acceptors (Lipinski definition) is 3. The maximum Gasteiger partial charge on any atom is 0.416 e. The highest BCUT2D eigenvalue weighted by atomic mass is 32.2. The van der Waals surface area contributed by atoms with Crippen LogP contribution in [0.5, 0.6) is 0 Å². The van der Waals surface area contributed by atoms with E-state index in [1.54, 1.807) is 91.0 Å². The molecule has 1 atom stereocenters. The molecule has 4 aromatic carbocycles. The summed E-state index contributed by atoms with van der Waals surface area (Å²) in [5.74, 6) is 0. The molecule has 0 aliphatic carbocycles. The van der Waals surface area contributed by atoms with E-state index in [-0.39, 0.29) is 35.7 Å². The van der Waals surface area contributed by atoms with Crippen molar-refractivity contribution in [2.24, 2.45) is 0 Å². The molecule has 2 N–H and O–H groups in total. The standard InChI is InChI=1S/C29H23F6NO3S/c30-28(31,32)23-17-24(29(33,34)35)19-25(18-23)40(38,39)36-26(16-20-10-4-1-5-11-20)27(37,21-12-6-2-7-13-21)22-14-8-3-9-15-22/h1-15,17-19,26,36-37H,16H2/t26-/m0/s1.